The lowest BCUT2D eigenvalue weighted by molar-refractivity contribution is 0.00351. The van der Waals surface area contributed by atoms with Crippen molar-refractivity contribution < 1.29 is 9.47 Å². The van der Waals surface area contributed by atoms with Gasteiger partial charge in [-0.2, -0.15) is 0 Å². The van der Waals surface area contributed by atoms with Crippen molar-refractivity contribution in [3.63, 3.8) is 0 Å². The second kappa shape index (κ2) is 5.22. The van der Waals surface area contributed by atoms with Gasteiger partial charge in [-0.05, 0) is 33.7 Å². The van der Waals surface area contributed by atoms with Crippen LogP contribution in [0.3, 0.4) is 0 Å². The van der Waals surface area contributed by atoms with Crippen LogP contribution in [0.4, 0.5) is 0 Å². The minimum atomic E-state index is 0.0309. The molecule has 0 amide bonds. The van der Waals surface area contributed by atoms with E-state index in [1.165, 1.54) is 0 Å². The number of hydrogen-bond donors (Lipinski definition) is 1. The zero-order valence-electron chi connectivity index (χ0n) is 11.3. The lowest BCUT2D eigenvalue weighted by Gasteiger charge is -2.46. The molecule has 2 rings (SSSR count). The number of nitrogens with two attached hydrogens (primary N) is 1. The number of ether oxygens (including phenoxy) is 2. The first-order valence-electron chi connectivity index (χ1n) is 6.72. The van der Waals surface area contributed by atoms with Gasteiger partial charge in [0.05, 0.1) is 12.7 Å². The monoisotopic (exact) mass is 242 g/mol. The van der Waals surface area contributed by atoms with E-state index in [1.807, 2.05) is 0 Å². The van der Waals surface area contributed by atoms with Crippen molar-refractivity contribution in [2.45, 2.75) is 44.4 Å². The van der Waals surface area contributed by atoms with E-state index in [0.717, 1.165) is 32.7 Å². The van der Waals surface area contributed by atoms with Crippen molar-refractivity contribution in [1.82, 2.24) is 4.90 Å². The predicted molar refractivity (Wildman–Crippen MR) is 68.0 cm³/mol. The van der Waals surface area contributed by atoms with E-state index in [0.29, 0.717) is 24.6 Å². The molecule has 0 aromatic carbocycles. The molecule has 4 nitrogen and oxygen atoms in total. The summed E-state index contributed by atoms with van der Waals surface area (Å²) in [6, 6.07) is 0.490. The molecule has 0 saturated carbocycles. The molecule has 4 heteroatoms. The fourth-order valence-corrected chi connectivity index (χ4v) is 3.23. The van der Waals surface area contributed by atoms with Gasteiger partial charge in [0, 0.05) is 37.3 Å². The number of nitrogens with zero attached hydrogens (tertiary/aromatic N) is 1. The number of rotatable bonds is 4. The Morgan fingerprint density at radius 1 is 1.35 bits per heavy atom. The molecule has 100 valence electrons. The van der Waals surface area contributed by atoms with Gasteiger partial charge in [0.15, 0.2) is 0 Å². The Morgan fingerprint density at radius 2 is 2.12 bits per heavy atom. The van der Waals surface area contributed by atoms with Gasteiger partial charge in [0.2, 0.25) is 0 Å². The van der Waals surface area contributed by atoms with Crippen LogP contribution >= 0.6 is 0 Å². The van der Waals surface area contributed by atoms with Gasteiger partial charge in [0.25, 0.3) is 0 Å². The summed E-state index contributed by atoms with van der Waals surface area (Å²) in [5.74, 6) is 0.547. The molecule has 4 atom stereocenters. The third-order valence-electron chi connectivity index (χ3n) is 4.86. The number of hydrogen-bond acceptors (Lipinski definition) is 4. The van der Waals surface area contributed by atoms with E-state index in [-0.39, 0.29) is 5.54 Å². The van der Waals surface area contributed by atoms with Gasteiger partial charge in [-0.1, -0.05) is 0 Å². The average Bonchev–Trinajstić information content (AvgIpc) is 2.97. The topological polar surface area (TPSA) is 47.7 Å². The van der Waals surface area contributed by atoms with Crippen molar-refractivity contribution >= 4 is 0 Å². The van der Waals surface area contributed by atoms with Crippen LogP contribution in [0, 0.1) is 5.92 Å². The quantitative estimate of drug-likeness (QED) is 0.794. The molecule has 2 N–H and O–H groups in total. The molecule has 2 aliphatic rings. The molecule has 0 bridgehead atoms. The lowest BCUT2D eigenvalue weighted by atomic mass is 9.82. The average molecular weight is 242 g/mol. The Kier molecular flexibility index (Phi) is 4.08. The van der Waals surface area contributed by atoms with Crippen LogP contribution in [0.25, 0.3) is 0 Å². The summed E-state index contributed by atoms with van der Waals surface area (Å²) in [4.78, 5) is 2.45. The van der Waals surface area contributed by atoms with Crippen molar-refractivity contribution in [3.8, 4) is 0 Å². The molecule has 2 fully saturated rings. The van der Waals surface area contributed by atoms with Crippen LogP contribution in [-0.2, 0) is 9.47 Å². The van der Waals surface area contributed by atoms with E-state index < -0.39 is 0 Å². The molecular weight excluding hydrogens is 216 g/mol. The third-order valence-corrected chi connectivity index (χ3v) is 4.86. The summed E-state index contributed by atoms with van der Waals surface area (Å²) in [7, 11) is 2.20. The zero-order valence-corrected chi connectivity index (χ0v) is 11.3. The van der Waals surface area contributed by atoms with Crippen molar-refractivity contribution in [2.24, 2.45) is 11.7 Å². The van der Waals surface area contributed by atoms with E-state index in [2.05, 4.69) is 25.8 Å². The molecule has 0 spiro atoms. The molecule has 0 aromatic rings. The zero-order chi connectivity index (χ0) is 12.5. The Hall–Kier alpha value is -0.160. The molecule has 2 aliphatic heterocycles. The Balaban J connectivity index is 2.10. The van der Waals surface area contributed by atoms with Crippen molar-refractivity contribution in [1.29, 1.82) is 0 Å². The van der Waals surface area contributed by atoms with Crippen molar-refractivity contribution in [2.75, 3.05) is 33.4 Å². The maximum absolute atomic E-state index is 6.06. The maximum atomic E-state index is 6.06. The van der Waals surface area contributed by atoms with Crippen LogP contribution in [0.2, 0.25) is 0 Å². The molecule has 0 radical (unpaired) electrons. The minimum Gasteiger partial charge on any atom is -0.381 e. The van der Waals surface area contributed by atoms with Crippen LogP contribution < -0.4 is 5.73 Å². The normalized spacial score (nSPS) is 37.6. The summed E-state index contributed by atoms with van der Waals surface area (Å²) < 4.78 is 11.2. The molecule has 17 heavy (non-hydrogen) atoms. The Morgan fingerprint density at radius 3 is 2.59 bits per heavy atom. The second-order valence-electron chi connectivity index (χ2n) is 5.66. The van der Waals surface area contributed by atoms with E-state index in [1.54, 1.807) is 0 Å². The third kappa shape index (κ3) is 2.36. The fourth-order valence-electron chi connectivity index (χ4n) is 3.23. The van der Waals surface area contributed by atoms with E-state index in [9.17, 15) is 0 Å². The fraction of sp³-hybridized carbons (Fsp3) is 1.00. The smallest absolute Gasteiger partial charge is 0.0703 e. The van der Waals surface area contributed by atoms with Gasteiger partial charge >= 0.3 is 0 Å². The Bertz CT molecular complexity index is 256. The highest BCUT2D eigenvalue weighted by atomic mass is 16.5. The number of likely N-dealkylation sites (N-methyl/N-ethyl adjacent to an activating group) is 1. The standard InChI is InChI=1S/C13H26N2O2/c1-10-12(5-7-17-10)15(3)13(2,9-14)11-4-6-16-8-11/h10-12H,4-9,14H2,1-3H3. The predicted octanol–water partition coefficient (Wildman–Crippen LogP) is 0.850. The molecule has 4 unspecified atom stereocenters. The molecule has 0 aliphatic carbocycles. The second-order valence-corrected chi connectivity index (χ2v) is 5.66. The van der Waals surface area contributed by atoms with Crippen LogP contribution in [0.1, 0.15) is 26.7 Å². The van der Waals surface area contributed by atoms with Crippen LogP contribution in [0.5, 0.6) is 0 Å². The van der Waals surface area contributed by atoms with Crippen LogP contribution in [0.15, 0.2) is 0 Å². The first-order chi connectivity index (χ1) is 8.09. The highest BCUT2D eigenvalue weighted by Gasteiger charge is 2.43. The Labute approximate surface area is 104 Å². The van der Waals surface area contributed by atoms with Gasteiger partial charge in [0.1, 0.15) is 0 Å². The summed E-state index contributed by atoms with van der Waals surface area (Å²) in [6.45, 7) is 7.72. The van der Waals surface area contributed by atoms with Gasteiger partial charge in [-0.3, -0.25) is 4.90 Å². The maximum Gasteiger partial charge on any atom is 0.0703 e. The highest BCUT2D eigenvalue weighted by Crippen LogP contribution is 2.34. The minimum absolute atomic E-state index is 0.0309. The van der Waals surface area contributed by atoms with E-state index >= 15 is 0 Å². The summed E-state index contributed by atoms with van der Waals surface area (Å²) in [5, 5.41) is 0. The van der Waals surface area contributed by atoms with Crippen LogP contribution in [-0.4, -0.2) is 56.0 Å². The van der Waals surface area contributed by atoms with Gasteiger partial charge in [-0.25, -0.2) is 0 Å². The lowest BCUT2D eigenvalue weighted by Crippen LogP contribution is -2.59. The summed E-state index contributed by atoms with van der Waals surface area (Å²) in [5.41, 5.74) is 6.09. The molecule has 2 saturated heterocycles. The first kappa shape index (κ1) is 13.3. The SMILES string of the molecule is CC1OCCC1N(C)C(C)(CN)C1CCOC1. The largest absolute Gasteiger partial charge is 0.381 e. The van der Waals surface area contributed by atoms with E-state index in [4.69, 9.17) is 15.2 Å². The molecule has 2 heterocycles. The first-order valence-corrected chi connectivity index (χ1v) is 6.72. The summed E-state index contributed by atoms with van der Waals surface area (Å²) >= 11 is 0. The summed E-state index contributed by atoms with van der Waals surface area (Å²) in [6.07, 6.45) is 2.55. The van der Waals surface area contributed by atoms with Crippen molar-refractivity contribution in [3.05, 3.63) is 0 Å². The van der Waals surface area contributed by atoms with Gasteiger partial charge < -0.3 is 15.2 Å². The molecular formula is C13H26N2O2. The van der Waals surface area contributed by atoms with Gasteiger partial charge in [-0.15, -0.1) is 0 Å². The molecule has 0 aromatic heterocycles. The highest BCUT2D eigenvalue weighted by molar-refractivity contribution is 4.98.